The Morgan fingerprint density at radius 3 is 2.81 bits per heavy atom. The number of hydrogen-bond acceptors (Lipinski definition) is 5. The molecule has 3 aromatic rings. The van der Waals surface area contributed by atoms with Gasteiger partial charge in [0, 0.05) is 18.6 Å². The lowest BCUT2D eigenvalue weighted by molar-refractivity contribution is -0.0497. The molecule has 1 aromatic carbocycles. The maximum Gasteiger partial charge on any atom is 0.387 e. The van der Waals surface area contributed by atoms with E-state index < -0.39 is 12.5 Å². The van der Waals surface area contributed by atoms with E-state index in [1.807, 2.05) is 6.92 Å². The predicted octanol–water partition coefficient (Wildman–Crippen LogP) is 3.75. The summed E-state index contributed by atoms with van der Waals surface area (Å²) < 4.78 is 41.3. The minimum Gasteiger partial charge on any atom is -0.451 e. The number of aromatic nitrogens is 2. The Labute approximate surface area is 153 Å². The average molecular weight is 379 g/mol. The van der Waals surface area contributed by atoms with Gasteiger partial charge < -0.3 is 19.2 Å². The molecule has 0 unspecified atom stereocenters. The van der Waals surface area contributed by atoms with Gasteiger partial charge in [0.15, 0.2) is 5.76 Å². The number of methoxy groups -OCH3 is 1. The van der Waals surface area contributed by atoms with Crippen LogP contribution in [-0.4, -0.2) is 36.0 Å². The zero-order valence-electron chi connectivity index (χ0n) is 15.1. The number of anilines is 1. The van der Waals surface area contributed by atoms with Gasteiger partial charge in [-0.05, 0) is 32.0 Å². The number of rotatable bonds is 7. The molecular formula is C18H19F2N3O4. The van der Waals surface area contributed by atoms with E-state index in [4.69, 9.17) is 9.15 Å². The van der Waals surface area contributed by atoms with Gasteiger partial charge in [0.05, 0.1) is 30.2 Å². The fourth-order valence-corrected chi connectivity index (χ4v) is 2.75. The quantitative estimate of drug-likeness (QED) is 0.676. The highest BCUT2D eigenvalue weighted by Crippen LogP contribution is 2.27. The van der Waals surface area contributed by atoms with Crippen LogP contribution >= 0.6 is 0 Å². The number of carbonyl (C=O) groups excluding carboxylic acids is 1. The Hall–Kier alpha value is -2.94. The third-order valence-electron chi connectivity index (χ3n) is 4.07. The van der Waals surface area contributed by atoms with Crippen molar-refractivity contribution in [3.63, 3.8) is 0 Å². The van der Waals surface area contributed by atoms with Crippen molar-refractivity contribution in [2.75, 3.05) is 19.0 Å². The van der Waals surface area contributed by atoms with E-state index in [1.54, 1.807) is 24.8 Å². The van der Waals surface area contributed by atoms with Gasteiger partial charge in [-0.3, -0.25) is 9.48 Å². The molecule has 0 saturated heterocycles. The van der Waals surface area contributed by atoms with E-state index in [2.05, 4.69) is 15.2 Å². The molecule has 3 rings (SSSR count). The molecule has 27 heavy (non-hydrogen) atoms. The number of nitrogens with one attached hydrogen (secondary N) is 1. The van der Waals surface area contributed by atoms with Gasteiger partial charge in [0.25, 0.3) is 5.91 Å². The van der Waals surface area contributed by atoms with Gasteiger partial charge in [0.2, 0.25) is 0 Å². The van der Waals surface area contributed by atoms with E-state index in [-0.39, 0.29) is 17.1 Å². The summed E-state index contributed by atoms with van der Waals surface area (Å²) in [5.41, 5.74) is 2.34. The number of furan rings is 1. The SMILES string of the molecule is COCCn1nc(C)c(NC(=O)c2cc3ccc(OC(F)F)cc3o2)c1C. The zero-order chi connectivity index (χ0) is 19.6. The first-order chi connectivity index (χ1) is 12.9. The Kier molecular flexibility index (Phi) is 5.41. The van der Waals surface area contributed by atoms with Crippen LogP contribution < -0.4 is 10.1 Å². The lowest BCUT2D eigenvalue weighted by Crippen LogP contribution is -2.13. The van der Waals surface area contributed by atoms with Crippen LogP contribution in [0.4, 0.5) is 14.5 Å². The topological polar surface area (TPSA) is 78.5 Å². The highest BCUT2D eigenvalue weighted by atomic mass is 19.3. The van der Waals surface area contributed by atoms with E-state index >= 15 is 0 Å². The van der Waals surface area contributed by atoms with Crippen LogP contribution in [0.5, 0.6) is 5.75 Å². The molecule has 0 aliphatic carbocycles. The van der Waals surface area contributed by atoms with Crippen LogP contribution in [0.25, 0.3) is 11.0 Å². The van der Waals surface area contributed by atoms with Gasteiger partial charge in [-0.1, -0.05) is 0 Å². The van der Waals surface area contributed by atoms with Gasteiger partial charge >= 0.3 is 6.61 Å². The monoisotopic (exact) mass is 379 g/mol. The first-order valence-corrected chi connectivity index (χ1v) is 8.21. The van der Waals surface area contributed by atoms with Crippen LogP contribution in [0.1, 0.15) is 21.9 Å². The van der Waals surface area contributed by atoms with Crippen LogP contribution in [0.2, 0.25) is 0 Å². The van der Waals surface area contributed by atoms with Crippen LogP contribution in [0, 0.1) is 13.8 Å². The summed E-state index contributed by atoms with van der Waals surface area (Å²) in [6, 6.07) is 5.79. The summed E-state index contributed by atoms with van der Waals surface area (Å²) in [6.07, 6.45) is 0. The van der Waals surface area contributed by atoms with Crippen molar-refractivity contribution in [3.8, 4) is 5.75 Å². The second-order valence-corrected chi connectivity index (χ2v) is 5.90. The lowest BCUT2D eigenvalue weighted by Gasteiger charge is -2.05. The van der Waals surface area contributed by atoms with Crippen LogP contribution in [0.15, 0.2) is 28.7 Å². The third-order valence-corrected chi connectivity index (χ3v) is 4.07. The maximum atomic E-state index is 12.6. The van der Waals surface area contributed by atoms with E-state index in [9.17, 15) is 13.6 Å². The molecule has 0 bridgehead atoms. The number of fused-ring (bicyclic) bond motifs is 1. The highest BCUT2D eigenvalue weighted by molar-refractivity contribution is 6.05. The molecule has 0 atom stereocenters. The Morgan fingerprint density at radius 1 is 1.33 bits per heavy atom. The van der Waals surface area contributed by atoms with E-state index in [1.165, 1.54) is 18.2 Å². The predicted molar refractivity (Wildman–Crippen MR) is 94.4 cm³/mol. The smallest absolute Gasteiger partial charge is 0.387 e. The van der Waals surface area contributed by atoms with Crippen LogP contribution in [-0.2, 0) is 11.3 Å². The summed E-state index contributed by atoms with van der Waals surface area (Å²) in [6.45, 7) is 1.77. The molecule has 0 aliphatic heterocycles. The van der Waals surface area contributed by atoms with Gasteiger partial charge in [0.1, 0.15) is 11.3 Å². The number of amides is 1. The maximum absolute atomic E-state index is 12.6. The molecule has 0 radical (unpaired) electrons. The van der Waals surface area contributed by atoms with Gasteiger partial charge in [-0.25, -0.2) is 0 Å². The molecular weight excluding hydrogens is 360 g/mol. The molecule has 0 fully saturated rings. The standard InChI is InChI=1S/C18H19F2N3O4/c1-10-16(11(2)23(22-10)6-7-25-3)21-17(24)15-8-12-4-5-13(26-18(19)20)9-14(12)27-15/h4-5,8-9,18H,6-7H2,1-3H3,(H,21,24). The van der Waals surface area contributed by atoms with Crippen molar-refractivity contribution in [1.82, 2.24) is 9.78 Å². The van der Waals surface area contributed by atoms with Gasteiger partial charge in [-0.15, -0.1) is 0 Å². The Morgan fingerprint density at radius 2 is 2.11 bits per heavy atom. The molecule has 1 N–H and O–H groups in total. The number of hydrogen-bond donors (Lipinski definition) is 1. The van der Waals surface area contributed by atoms with Crippen molar-refractivity contribution in [2.45, 2.75) is 27.0 Å². The van der Waals surface area contributed by atoms with Crippen LogP contribution in [0.3, 0.4) is 0 Å². The normalized spacial score (nSPS) is 11.3. The fraction of sp³-hybridized carbons (Fsp3) is 0.333. The first kappa shape index (κ1) is 18.8. The summed E-state index contributed by atoms with van der Waals surface area (Å²) >= 11 is 0. The molecule has 0 spiro atoms. The zero-order valence-corrected chi connectivity index (χ0v) is 15.1. The van der Waals surface area contributed by atoms with Gasteiger partial charge in [-0.2, -0.15) is 13.9 Å². The number of ether oxygens (including phenoxy) is 2. The highest BCUT2D eigenvalue weighted by Gasteiger charge is 2.18. The number of alkyl halides is 2. The average Bonchev–Trinajstić information content (AvgIpc) is 3.15. The molecule has 0 aliphatic rings. The van der Waals surface area contributed by atoms with E-state index in [0.717, 1.165) is 5.69 Å². The second-order valence-electron chi connectivity index (χ2n) is 5.90. The Balaban J connectivity index is 1.81. The lowest BCUT2D eigenvalue weighted by atomic mass is 10.2. The van der Waals surface area contributed by atoms with E-state index in [0.29, 0.717) is 29.9 Å². The number of benzene rings is 1. The number of aryl methyl sites for hydroxylation is 1. The minimum absolute atomic E-state index is 0.0371. The summed E-state index contributed by atoms with van der Waals surface area (Å²) in [4.78, 5) is 12.6. The molecule has 9 heteroatoms. The molecule has 0 saturated carbocycles. The summed E-state index contributed by atoms with van der Waals surface area (Å²) in [5, 5.41) is 7.77. The van der Waals surface area contributed by atoms with Crippen molar-refractivity contribution in [1.29, 1.82) is 0 Å². The third kappa shape index (κ3) is 4.08. The summed E-state index contributed by atoms with van der Waals surface area (Å²) in [7, 11) is 1.60. The van der Waals surface area contributed by atoms with Crippen molar-refractivity contribution < 1.29 is 27.5 Å². The second kappa shape index (κ2) is 7.75. The first-order valence-electron chi connectivity index (χ1n) is 8.21. The number of halogens is 2. The van der Waals surface area contributed by atoms with Crippen molar-refractivity contribution in [3.05, 3.63) is 41.4 Å². The molecule has 1 amide bonds. The van der Waals surface area contributed by atoms with Crippen molar-refractivity contribution in [2.24, 2.45) is 0 Å². The molecule has 2 aromatic heterocycles. The largest absolute Gasteiger partial charge is 0.451 e. The number of nitrogens with zero attached hydrogens (tertiary/aromatic N) is 2. The van der Waals surface area contributed by atoms with Crippen molar-refractivity contribution >= 4 is 22.6 Å². The summed E-state index contributed by atoms with van der Waals surface area (Å²) in [5.74, 6) is -0.437. The molecule has 2 heterocycles. The molecule has 144 valence electrons. The Bertz CT molecular complexity index is 965. The number of carbonyl (C=O) groups is 1. The minimum atomic E-state index is -2.93. The molecule has 7 nitrogen and oxygen atoms in total. The fourth-order valence-electron chi connectivity index (χ4n) is 2.75.